The Morgan fingerprint density at radius 3 is 2.21 bits per heavy atom. The zero-order chi connectivity index (χ0) is 20.1. The van der Waals surface area contributed by atoms with Gasteiger partial charge >= 0.3 is 0 Å². The van der Waals surface area contributed by atoms with Gasteiger partial charge in [0.2, 0.25) is 5.91 Å². The summed E-state index contributed by atoms with van der Waals surface area (Å²) in [6.45, 7) is 11.7. The number of carbonyl (C=O) groups excluding carboxylic acids is 1. The Bertz CT molecular complexity index is 753. The van der Waals surface area contributed by atoms with E-state index in [9.17, 15) is 4.79 Å². The number of carbonyl (C=O) groups is 1. The molecule has 1 aliphatic heterocycles. The molecule has 1 amide bonds. The number of benzene rings is 2. The summed E-state index contributed by atoms with van der Waals surface area (Å²) in [5.74, 6) is 0.329. The van der Waals surface area contributed by atoms with Gasteiger partial charge in [0.25, 0.3) is 0 Å². The minimum Gasteiger partial charge on any atom is -0.349 e. The predicted octanol–water partition coefficient (Wildman–Crippen LogP) is 5.07. The highest BCUT2D eigenvalue weighted by atomic mass is 16.1. The maximum Gasteiger partial charge on any atom is 0.223 e. The molecule has 0 bridgehead atoms. The Labute approximate surface area is 170 Å². The Balaban J connectivity index is 1.48. The molecular formula is C25H34N2O. The van der Waals surface area contributed by atoms with Crippen LogP contribution in [-0.2, 0) is 16.8 Å². The number of piperidine rings is 1. The van der Waals surface area contributed by atoms with Crippen molar-refractivity contribution in [1.82, 2.24) is 10.2 Å². The number of likely N-dealkylation sites (tertiary alicyclic amines) is 1. The highest BCUT2D eigenvalue weighted by molar-refractivity contribution is 5.79. The average molecular weight is 379 g/mol. The molecule has 3 nitrogen and oxygen atoms in total. The van der Waals surface area contributed by atoms with E-state index in [0.717, 1.165) is 32.5 Å². The molecule has 0 aromatic heterocycles. The van der Waals surface area contributed by atoms with Crippen LogP contribution in [-0.4, -0.2) is 23.9 Å². The normalized spacial score (nSPS) is 17.3. The highest BCUT2D eigenvalue weighted by Crippen LogP contribution is 2.25. The van der Waals surface area contributed by atoms with Crippen LogP contribution >= 0.6 is 0 Å². The van der Waals surface area contributed by atoms with E-state index in [2.05, 4.69) is 92.5 Å². The van der Waals surface area contributed by atoms with E-state index in [4.69, 9.17) is 0 Å². The lowest BCUT2D eigenvalue weighted by molar-refractivity contribution is -0.127. The van der Waals surface area contributed by atoms with Crippen LogP contribution in [0.2, 0.25) is 0 Å². The summed E-state index contributed by atoms with van der Waals surface area (Å²) in [5.41, 5.74) is 3.99. The third-order valence-electron chi connectivity index (χ3n) is 5.84. The first-order chi connectivity index (χ1) is 13.3. The maximum absolute atomic E-state index is 12.7. The number of hydrogen-bond acceptors (Lipinski definition) is 2. The van der Waals surface area contributed by atoms with E-state index in [1.165, 1.54) is 16.7 Å². The zero-order valence-electron chi connectivity index (χ0n) is 17.7. The van der Waals surface area contributed by atoms with Gasteiger partial charge in [-0.1, -0.05) is 75.4 Å². The van der Waals surface area contributed by atoms with Crippen molar-refractivity contribution in [2.24, 2.45) is 5.92 Å². The summed E-state index contributed by atoms with van der Waals surface area (Å²) < 4.78 is 0. The molecule has 1 saturated heterocycles. The summed E-state index contributed by atoms with van der Waals surface area (Å²) in [5, 5.41) is 3.23. The second kappa shape index (κ2) is 8.91. The lowest BCUT2D eigenvalue weighted by atomic mass is 9.86. The second-order valence-electron chi connectivity index (χ2n) is 9.14. The average Bonchev–Trinajstić information content (AvgIpc) is 2.68. The Morgan fingerprint density at radius 2 is 1.64 bits per heavy atom. The molecule has 0 spiro atoms. The first-order valence-electron chi connectivity index (χ1n) is 10.5. The summed E-state index contributed by atoms with van der Waals surface area (Å²) in [6, 6.07) is 19.3. The molecule has 3 heteroatoms. The van der Waals surface area contributed by atoms with Gasteiger partial charge in [-0.15, -0.1) is 0 Å². The van der Waals surface area contributed by atoms with Crippen LogP contribution in [0.3, 0.4) is 0 Å². The van der Waals surface area contributed by atoms with Gasteiger partial charge in [0.15, 0.2) is 0 Å². The molecule has 0 unspecified atom stereocenters. The van der Waals surface area contributed by atoms with Gasteiger partial charge in [-0.2, -0.15) is 0 Å². The van der Waals surface area contributed by atoms with E-state index < -0.39 is 0 Å². The third-order valence-corrected chi connectivity index (χ3v) is 5.84. The van der Waals surface area contributed by atoms with E-state index in [0.29, 0.717) is 0 Å². The first kappa shape index (κ1) is 20.6. The largest absolute Gasteiger partial charge is 0.349 e. The van der Waals surface area contributed by atoms with Gasteiger partial charge in [-0.05, 0) is 55.0 Å². The molecule has 2 aromatic carbocycles. The van der Waals surface area contributed by atoms with Crippen molar-refractivity contribution in [3.05, 3.63) is 71.3 Å². The molecule has 150 valence electrons. The molecule has 0 aliphatic carbocycles. The predicted molar refractivity (Wildman–Crippen MR) is 116 cm³/mol. The van der Waals surface area contributed by atoms with Crippen molar-refractivity contribution in [2.45, 2.75) is 58.5 Å². The summed E-state index contributed by atoms with van der Waals surface area (Å²) >= 11 is 0. The van der Waals surface area contributed by atoms with Crippen LogP contribution < -0.4 is 5.32 Å². The molecule has 1 atom stereocenters. The molecular weight excluding hydrogens is 344 g/mol. The van der Waals surface area contributed by atoms with Crippen LogP contribution in [0, 0.1) is 5.92 Å². The van der Waals surface area contributed by atoms with Crippen LogP contribution in [0.5, 0.6) is 0 Å². The SMILES string of the molecule is C[C@@H](NC(=O)C1CCN(Cc2ccccc2)CC1)c1ccc(C(C)(C)C)cc1. The van der Waals surface area contributed by atoms with E-state index in [1.807, 2.05) is 0 Å². The minimum absolute atomic E-state index is 0.0452. The number of hydrogen-bond donors (Lipinski definition) is 1. The van der Waals surface area contributed by atoms with Crippen molar-refractivity contribution in [3.8, 4) is 0 Å². The van der Waals surface area contributed by atoms with Gasteiger partial charge in [-0.3, -0.25) is 9.69 Å². The van der Waals surface area contributed by atoms with E-state index in [-0.39, 0.29) is 23.3 Å². The Kier molecular flexibility index (Phi) is 6.56. The molecule has 0 saturated carbocycles. The molecule has 2 aromatic rings. The summed E-state index contributed by atoms with van der Waals surface area (Å²) in [4.78, 5) is 15.2. The smallest absolute Gasteiger partial charge is 0.223 e. The third kappa shape index (κ3) is 5.45. The van der Waals surface area contributed by atoms with Gasteiger partial charge in [0.1, 0.15) is 0 Å². The number of amides is 1. The van der Waals surface area contributed by atoms with Gasteiger partial charge in [0, 0.05) is 12.5 Å². The van der Waals surface area contributed by atoms with Crippen LogP contribution in [0.4, 0.5) is 0 Å². The summed E-state index contributed by atoms with van der Waals surface area (Å²) in [6.07, 6.45) is 1.88. The lowest BCUT2D eigenvalue weighted by Gasteiger charge is -2.32. The van der Waals surface area contributed by atoms with Gasteiger partial charge < -0.3 is 5.32 Å². The van der Waals surface area contributed by atoms with E-state index in [1.54, 1.807) is 0 Å². The highest BCUT2D eigenvalue weighted by Gasteiger charge is 2.26. The maximum atomic E-state index is 12.7. The molecule has 1 fully saturated rings. The quantitative estimate of drug-likeness (QED) is 0.787. The standard InChI is InChI=1S/C25H34N2O/c1-19(21-10-12-23(13-11-21)25(2,3)4)26-24(28)22-14-16-27(17-15-22)18-20-8-6-5-7-9-20/h5-13,19,22H,14-18H2,1-4H3,(H,26,28)/t19-/m1/s1. The van der Waals surface area contributed by atoms with E-state index >= 15 is 0 Å². The molecule has 1 aliphatic rings. The topological polar surface area (TPSA) is 32.3 Å². The second-order valence-corrected chi connectivity index (χ2v) is 9.14. The van der Waals surface area contributed by atoms with Crippen molar-refractivity contribution in [1.29, 1.82) is 0 Å². The molecule has 0 radical (unpaired) electrons. The van der Waals surface area contributed by atoms with Gasteiger partial charge in [-0.25, -0.2) is 0 Å². The monoisotopic (exact) mass is 378 g/mol. The molecule has 1 N–H and O–H groups in total. The molecule has 28 heavy (non-hydrogen) atoms. The van der Waals surface area contributed by atoms with Crippen LogP contribution in [0.25, 0.3) is 0 Å². The fourth-order valence-electron chi connectivity index (χ4n) is 3.88. The lowest BCUT2D eigenvalue weighted by Crippen LogP contribution is -2.40. The molecule has 1 heterocycles. The number of nitrogens with one attached hydrogen (secondary N) is 1. The minimum atomic E-state index is 0.0452. The molecule has 3 rings (SSSR count). The van der Waals surface area contributed by atoms with Crippen molar-refractivity contribution >= 4 is 5.91 Å². The fourth-order valence-corrected chi connectivity index (χ4v) is 3.88. The van der Waals surface area contributed by atoms with Gasteiger partial charge in [0.05, 0.1) is 6.04 Å². The fraction of sp³-hybridized carbons (Fsp3) is 0.480. The van der Waals surface area contributed by atoms with Crippen molar-refractivity contribution in [3.63, 3.8) is 0 Å². The van der Waals surface area contributed by atoms with Crippen LogP contribution in [0.1, 0.15) is 63.3 Å². The zero-order valence-corrected chi connectivity index (χ0v) is 17.7. The summed E-state index contributed by atoms with van der Waals surface area (Å²) in [7, 11) is 0. The van der Waals surface area contributed by atoms with Crippen molar-refractivity contribution in [2.75, 3.05) is 13.1 Å². The Morgan fingerprint density at radius 1 is 1.04 bits per heavy atom. The number of rotatable bonds is 5. The number of nitrogens with zero attached hydrogens (tertiary/aromatic N) is 1. The Hall–Kier alpha value is -2.13. The first-order valence-corrected chi connectivity index (χ1v) is 10.5. The van der Waals surface area contributed by atoms with Crippen LogP contribution in [0.15, 0.2) is 54.6 Å². The van der Waals surface area contributed by atoms with Crippen molar-refractivity contribution < 1.29 is 4.79 Å².